The van der Waals surface area contributed by atoms with Gasteiger partial charge in [0, 0.05) is 23.1 Å². The minimum Gasteiger partial charge on any atom is -0.504 e. The van der Waals surface area contributed by atoms with Crippen LogP contribution in [0.4, 0.5) is 11.4 Å². The van der Waals surface area contributed by atoms with Gasteiger partial charge in [0.1, 0.15) is 6.10 Å². The predicted molar refractivity (Wildman–Crippen MR) is 94.3 cm³/mol. The number of rotatable bonds is 3. The second-order valence-corrected chi connectivity index (χ2v) is 5.44. The zero-order valence-electron chi connectivity index (χ0n) is 13.5. The van der Waals surface area contributed by atoms with Gasteiger partial charge in [0.2, 0.25) is 0 Å². The Labute approximate surface area is 140 Å². The van der Waals surface area contributed by atoms with Crippen molar-refractivity contribution in [2.45, 2.75) is 13.0 Å². The molecule has 0 aromatic heterocycles. The van der Waals surface area contributed by atoms with E-state index in [0.29, 0.717) is 11.8 Å². The number of hydrogen-bond donors (Lipinski definition) is 3. The van der Waals surface area contributed by atoms with Crippen molar-refractivity contribution in [1.82, 2.24) is 0 Å². The van der Waals surface area contributed by atoms with Crippen LogP contribution in [0.5, 0.6) is 11.5 Å². The molecule has 4 N–H and O–H groups in total. The monoisotopic (exact) mass is 325 g/mol. The maximum absolute atomic E-state index is 9.70. The van der Waals surface area contributed by atoms with Gasteiger partial charge in [-0.1, -0.05) is 6.07 Å². The van der Waals surface area contributed by atoms with E-state index in [4.69, 9.17) is 15.2 Å². The molecule has 1 atom stereocenters. The summed E-state index contributed by atoms with van der Waals surface area (Å²) in [6, 6.07) is 11.1. The lowest BCUT2D eigenvalue weighted by atomic mass is 10.1. The van der Waals surface area contributed by atoms with Crippen molar-refractivity contribution in [2.75, 3.05) is 18.2 Å². The topological polar surface area (TPSA) is 89.1 Å². The maximum atomic E-state index is 9.70. The van der Waals surface area contributed by atoms with Gasteiger partial charge in [-0.25, -0.2) is 4.99 Å². The maximum Gasteiger partial charge on any atom is 0.294 e. The third kappa shape index (κ3) is 3.27. The van der Waals surface area contributed by atoms with Crippen molar-refractivity contribution in [3.8, 4) is 11.5 Å². The quantitative estimate of drug-likeness (QED) is 0.753. The minimum atomic E-state index is -0.325. The summed E-state index contributed by atoms with van der Waals surface area (Å²) in [5, 5.41) is 12.8. The number of methoxy groups -OCH3 is 1. The molecule has 0 saturated heterocycles. The van der Waals surface area contributed by atoms with Gasteiger partial charge in [-0.05, 0) is 48.9 Å². The molecule has 1 heterocycles. The number of aryl methyl sites for hydroxylation is 1. The van der Waals surface area contributed by atoms with E-state index < -0.39 is 0 Å². The van der Waals surface area contributed by atoms with Gasteiger partial charge in [0.15, 0.2) is 11.5 Å². The lowest BCUT2D eigenvalue weighted by Gasteiger charge is -2.21. The summed E-state index contributed by atoms with van der Waals surface area (Å²) in [6.07, 6.45) is 3.18. The molecule has 0 spiro atoms. The average molecular weight is 325 g/mol. The fourth-order valence-corrected chi connectivity index (χ4v) is 2.37. The highest BCUT2D eigenvalue weighted by atomic mass is 16.5. The van der Waals surface area contributed by atoms with Crippen molar-refractivity contribution in [3.05, 3.63) is 59.8 Å². The van der Waals surface area contributed by atoms with E-state index in [2.05, 4.69) is 10.3 Å². The zero-order valence-corrected chi connectivity index (χ0v) is 13.5. The Morgan fingerprint density at radius 3 is 2.83 bits per heavy atom. The van der Waals surface area contributed by atoms with Gasteiger partial charge < -0.3 is 25.6 Å². The number of benzene rings is 2. The van der Waals surface area contributed by atoms with E-state index in [1.165, 1.54) is 7.11 Å². The second-order valence-electron chi connectivity index (χ2n) is 5.44. The number of hydrogen-bond acceptors (Lipinski definition) is 6. The molecule has 1 aliphatic heterocycles. The second kappa shape index (κ2) is 6.54. The van der Waals surface area contributed by atoms with Crippen LogP contribution >= 0.6 is 0 Å². The molecule has 1 aliphatic rings. The molecular formula is C18H19N3O3. The summed E-state index contributed by atoms with van der Waals surface area (Å²) in [6.45, 7) is 1.94. The molecule has 2 aromatic carbocycles. The Bertz CT molecular complexity index is 815. The fourth-order valence-electron chi connectivity index (χ4n) is 2.37. The highest BCUT2D eigenvalue weighted by Gasteiger charge is 2.17. The van der Waals surface area contributed by atoms with Crippen molar-refractivity contribution >= 4 is 17.4 Å². The smallest absolute Gasteiger partial charge is 0.294 e. The Kier molecular flexibility index (Phi) is 4.29. The number of aliphatic imine (C=N–C) groups is 1. The van der Waals surface area contributed by atoms with E-state index in [9.17, 15) is 5.11 Å². The third-order valence-electron chi connectivity index (χ3n) is 3.74. The number of aromatic hydroxyl groups is 1. The number of nitrogens with zero attached hydrogens (tertiary/aromatic N) is 1. The fraction of sp³-hybridized carbons (Fsp3) is 0.167. The van der Waals surface area contributed by atoms with Crippen LogP contribution in [0.1, 0.15) is 17.2 Å². The molecular weight excluding hydrogens is 306 g/mol. The number of amidine groups is 1. The van der Waals surface area contributed by atoms with Gasteiger partial charge in [-0.2, -0.15) is 0 Å². The highest BCUT2D eigenvalue weighted by molar-refractivity contribution is 5.90. The van der Waals surface area contributed by atoms with Crippen LogP contribution in [0.25, 0.3) is 0 Å². The number of nitrogens with two attached hydrogens (primary N) is 1. The SMILES string of the molecule is COc1cc(C2C=CN=C(Nc3ccc(N)c(C)c3)O2)ccc1O. The van der Waals surface area contributed by atoms with Crippen LogP contribution in [0, 0.1) is 6.92 Å². The Morgan fingerprint density at radius 1 is 1.25 bits per heavy atom. The third-order valence-corrected chi connectivity index (χ3v) is 3.74. The Hall–Kier alpha value is -3.15. The van der Waals surface area contributed by atoms with Crippen LogP contribution in [0.15, 0.2) is 53.7 Å². The minimum absolute atomic E-state index is 0.0883. The molecule has 0 aliphatic carbocycles. The lowest BCUT2D eigenvalue weighted by molar-refractivity contribution is 0.234. The summed E-state index contributed by atoms with van der Waals surface area (Å²) < 4.78 is 11.0. The molecule has 3 rings (SSSR count). The number of phenolic OH excluding ortho intramolecular Hbond substituents is 1. The van der Waals surface area contributed by atoms with Crippen molar-refractivity contribution in [2.24, 2.45) is 4.99 Å². The molecule has 1 unspecified atom stereocenters. The summed E-state index contributed by atoms with van der Waals surface area (Å²) in [5.74, 6) is 0.487. The molecule has 0 fully saturated rings. The van der Waals surface area contributed by atoms with E-state index in [1.807, 2.05) is 31.2 Å². The van der Waals surface area contributed by atoms with Crippen molar-refractivity contribution < 1.29 is 14.6 Å². The number of phenols is 1. The van der Waals surface area contributed by atoms with Gasteiger partial charge in [-0.3, -0.25) is 0 Å². The van der Waals surface area contributed by atoms with Gasteiger partial charge in [-0.15, -0.1) is 0 Å². The van der Waals surface area contributed by atoms with Gasteiger partial charge in [0.05, 0.1) is 7.11 Å². The molecule has 0 saturated carbocycles. The number of anilines is 2. The zero-order chi connectivity index (χ0) is 17.1. The Morgan fingerprint density at radius 2 is 2.08 bits per heavy atom. The van der Waals surface area contributed by atoms with E-state index >= 15 is 0 Å². The summed E-state index contributed by atoms with van der Waals surface area (Å²) in [7, 11) is 1.51. The number of nitrogen functional groups attached to an aromatic ring is 1. The van der Waals surface area contributed by atoms with Crippen LogP contribution in [0.3, 0.4) is 0 Å². The van der Waals surface area contributed by atoms with Crippen LogP contribution < -0.4 is 15.8 Å². The van der Waals surface area contributed by atoms with Crippen LogP contribution in [-0.2, 0) is 4.74 Å². The first-order valence-electron chi connectivity index (χ1n) is 7.48. The number of nitrogens with one attached hydrogen (secondary N) is 1. The first-order valence-corrected chi connectivity index (χ1v) is 7.48. The lowest BCUT2D eigenvalue weighted by Crippen LogP contribution is -2.20. The predicted octanol–water partition coefficient (Wildman–Crippen LogP) is 3.34. The summed E-state index contributed by atoms with van der Waals surface area (Å²) in [4.78, 5) is 4.20. The molecule has 0 radical (unpaired) electrons. The summed E-state index contributed by atoms with van der Waals surface area (Å²) >= 11 is 0. The van der Waals surface area contributed by atoms with Gasteiger partial charge in [0.25, 0.3) is 6.02 Å². The average Bonchev–Trinajstić information content (AvgIpc) is 2.59. The molecule has 0 bridgehead atoms. The molecule has 6 heteroatoms. The molecule has 24 heavy (non-hydrogen) atoms. The molecule has 6 nitrogen and oxygen atoms in total. The normalized spacial score (nSPS) is 16.2. The van der Waals surface area contributed by atoms with Crippen LogP contribution in [-0.4, -0.2) is 18.2 Å². The highest BCUT2D eigenvalue weighted by Crippen LogP contribution is 2.31. The molecule has 0 amide bonds. The van der Waals surface area contributed by atoms with Crippen molar-refractivity contribution in [1.29, 1.82) is 0 Å². The standard InChI is InChI=1S/C18H19N3O3/c1-11-9-13(4-5-14(11)19)21-18-20-8-7-16(24-18)12-3-6-15(22)17(10-12)23-2/h3-10,16,22H,19H2,1-2H3,(H,20,21). The largest absolute Gasteiger partial charge is 0.504 e. The summed E-state index contributed by atoms with van der Waals surface area (Å²) in [5.41, 5.74) is 9.24. The molecule has 124 valence electrons. The number of ether oxygens (including phenoxy) is 2. The Balaban J connectivity index is 1.76. The van der Waals surface area contributed by atoms with E-state index in [1.54, 1.807) is 24.4 Å². The first-order chi connectivity index (χ1) is 11.6. The van der Waals surface area contributed by atoms with Crippen molar-refractivity contribution in [3.63, 3.8) is 0 Å². The van der Waals surface area contributed by atoms with Crippen LogP contribution in [0.2, 0.25) is 0 Å². The van der Waals surface area contributed by atoms with E-state index in [-0.39, 0.29) is 11.9 Å². The van der Waals surface area contributed by atoms with Gasteiger partial charge >= 0.3 is 0 Å². The molecule has 2 aromatic rings. The first kappa shape index (κ1) is 15.7. The van der Waals surface area contributed by atoms with E-state index in [0.717, 1.165) is 22.5 Å².